The lowest BCUT2D eigenvalue weighted by molar-refractivity contribution is -0.123. The van der Waals surface area contributed by atoms with E-state index in [1.807, 2.05) is 31.2 Å². The Bertz CT molecular complexity index is 603. The first-order chi connectivity index (χ1) is 9.67. The van der Waals surface area contributed by atoms with Crippen molar-refractivity contribution in [1.29, 1.82) is 0 Å². The fourth-order valence-corrected chi connectivity index (χ4v) is 2.32. The van der Waals surface area contributed by atoms with Crippen molar-refractivity contribution < 1.29 is 9.21 Å². The lowest BCUT2D eigenvalue weighted by Crippen LogP contribution is -2.35. The Hall–Kier alpha value is -2.21. The number of carbonyl (C=O) groups excluding carboxylic acids is 1. The van der Waals surface area contributed by atoms with Gasteiger partial charge in [-0.2, -0.15) is 0 Å². The summed E-state index contributed by atoms with van der Waals surface area (Å²) in [5.74, 6) is 0.472. The molecule has 1 aromatic heterocycles. The molecule has 1 aliphatic rings. The van der Waals surface area contributed by atoms with Gasteiger partial charge < -0.3 is 15.1 Å². The number of benzene rings is 1. The molecule has 0 radical (unpaired) electrons. The summed E-state index contributed by atoms with van der Waals surface area (Å²) >= 11 is 0. The summed E-state index contributed by atoms with van der Waals surface area (Å²) in [6.45, 7) is 3.57. The fraction of sp³-hybridized carbons (Fsp3) is 0.357. The normalized spacial score (nSPS) is 21.9. The van der Waals surface area contributed by atoms with Crippen LogP contribution in [0, 0.1) is 5.41 Å². The second-order valence-electron chi connectivity index (χ2n) is 5.27. The van der Waals surface area contributed by atoms with E-state index in [0.29, 0.717) is 12.4 Å². The average Bonchev–Trinajstić information content (AvgIpc) is 3.11. The minimum atomic E-state index is -0.347. The molecule has 1 amide bonds. The van der Waals surface area contributed by atoms with Crippen LogP contribution in [-0.4, -0.2) is 29.2 Å². The molecule has 1 fully saturated rings. The van der Waals surface area contributed by atoms with Gasteiger partial charge in [0, 0.05) is 17.8 Å². The van der Waals surface area contributed by atoms with Crippen molar-refractivity contribution in [1.82, 2.24) is 15.5 Å². The van der Waals surface area contributed by atoms with Gasteiger partial charge in [0.25, 0.3) is 0 Å². The van der Waals surface area contributed by atoms with Crippen LogP contribution >= 0.6 is 0 Å². The van der Waals surface area contributed by atoms with Crippen LogP contribution < -0.4 is 10.6 Å². The summed E-state index contributed by atoms with van der Waals surface area (Å²) in [6, 6.07) is 7.40. The Morgan fingerprint density at radius 2 is 2.40 bits per heavy atom. The van der Waals surface area contributed by atoms with Crippen molar-refractivity contribution in [2.75, 3.05) is 18.4 Å². The highest BCUT2D eigenvalue weighted by Crippen LogP contribution is 2.27. The smallest absolute Gasteiger partial charge is 0.247 e. The molecule has 0 aliphatic carbocycles. The van der Waals surface area contributed by atoms with E-state index in [2.05, 4.69) is 20.8 Å². The third kappa shape index (κ3) is 2.42. The van der Waals surface area contributed by atoms with E-state index in [4.69, 9.17) is 4.42 Å². The van der Waals surface area contributed by atoms with E-state index in [1.165, 1.54) is 6.39 Å². The van der Waals surface area contributed by atoms with E-state index in [9.17, 15) is 4.79 Å². The molecule has 1 atom stereocenters. The lowest BCUT2D eigenvalue weighted by atomic mass is 9.88. The molecule has 104 valence electrons. The number of nitrogens with zero attached hydrogens (tertiary/aromatic N) is 2. The van der Waals surface area contributed by atoms with Gasteiger partial charge >= 0.3 is 0 Å². The molecule has 2 heterocycles. The number of hydrogen-bond donors (Lipinski definition) is 2. The Balaban J connectivity index is 1.78. The summed E-state index contributed by atoms with van der Waals surface area (Å²) < 4.78 is 5.15. The van der Waals surface area contributed by atoms with Crippen LogP contribution in [0.15, 0.2) is 35.1 Å². The van der Waals surface area contributed by atoms with Crippen LogP contribution in [0.5, 0.6) is 0 Å². The van der Waals surface area contributed by atoms with Crippen LogP contribution in [0.25, 0.3) is 11.5 Å². The summed E-state index contributed by atoms with van der Waals surface area (Å²) in [5.41, 5.74) is 1.18. The highest BCUT2D eigenvalue weighted by atomic mass is 16.4. The molecule has 1 aliphatic heterocycles. The number of amides is 1. The van der Waals surface area contributed by atoms with Crippen LogP contribution in [-0.2, 0) is 4.79 Å². The molecule has 0 bridgehead atoms. The lowest BCUT2D eigenvalue weighted by Gasteiger charge is -2.21. The largest absolute Gasteiger partial charge is 0.423 e. The van der Waals surface area contributed by atoms with Crippen molar-refractivity contribution in [3.63, 3.8) is 0 Å². The van der Waals surface area contributed by atoms with Crippen LogP contribution in [0.4, 0.5) is 5.69 Å². The third-order valence-electron chi connectivity index (χ3n) is 3.64. The molecule has 2 N–H and O–H groups in total. The first-order valence-electron chi connectivity index (χ1n) is 6.56. The highest BCUT2D eigenvalue weighted by Gasteiger charge is 2.36. The van der Waals surface area contributed by atoms with Gasteiger partial charge in [0.1, 0.15) is 0 Å². The van der Waals surface area contributed by atoms with Crippen molar-refractivity contribution in [3.05, 3.63) is 30.7 Å². The van der Waals surface area contributed by atoms with Gasteiger partial charge in [-0.25, -0.2) is 0 Å². The predicted molar refractivity (Wildman–Crippen MR) is 74.0 cm³/mol. The number of rotatable bonds is 3. The van der Waals surface area contributed by atoms with Gasteiger partial charge in [-0.15, -0.1) is 10.2 Å². The van der Waals surface area contributed by atoms with Crippen molar-refractivity contribution in [2.24, 2.45) is 5.41 Å². The van der Waals surface area contributed by atoms with Crippen molar-refractivity contribution in [3.8, 4) is 11.5 Å². The summed E-state index contributed by atoms with van der Waals surface area (Å²) in [6.07, 6.45) is 2.13. The number of nitrogens with one attached hydrogen (secondary N) is 2. The van der Waals surface area contributed by atoms with Gasteiger partial charge in [-0.1, -0.05) is 6.07 Å². The molecule has 3 rings (SSSR count). The first kappa shape index (κ1) is 12.8. The third-order valence-corrected chi connectivity index (χ3v) is 3.64. The Morgan fingerprint density at radius 3 is 3.10 bits per heavy atom. The summed E-state index contributed by atoms with van der Waals surface area (Å²) in [4.78, 5) is 12.3. The number of carbonyl (C=O) groups is 1. The van der Waals surface area contributed by atoms with Crippen LogP contribution in [0.1, 0.15) is 13.3 Å². The van der Waals surface area contributed by atoms with Gasteiger partial charge in [0.2, 0.25) is 18.2 Å². The Labute approximate surface area is 116 Å². The van der Waals surface area contributed by atoms with E-state index in [1.54, 1.807) is 0 Å². The summed E-state index contributed by atoms with van der Waals surface area (Å²) in [7, 11) is 0. The zero-order valence-electron chi connectivity index (χ0n) is 11.2. The standard InChI is InChI=1S/C14H16N4O2/c1-14(5-6-15-8-14)13(19)17-11-4-2-3-10(7-11)12-18-16-9-20-12/h2-4,7,9,15H,5-6,8H2,1H3,(H,17,19). The van der Waals surface area contributed by atoms with Crippen molar-refractivity contribution >= 4 is 11.6 Å². The molecular weight excluding hydrogens is 256 g/mol. The maximum absolute atomic E-state index is 12.3. The monoisotopic (exact) mass is 272 g/mol. The van der Waals surface area contributed by atoms with E-state index >= 15 is 0 Å². The SMILES string of the molecule is CC1(C(=O)Nc2cccc(-c3nnco3)c2)CCNC1. The van der Waals surface area contributed by atoms with Crippen LogP contribution in [0.3, 0.4) is 0 Å². The molecular formula is C14H16N4O2. The maximum atomic E-state index is 12.3. The summed E-state index contributed by atoms with van der Waals surface area (Å²) in [5, 5.41) is 13.7. The highest BCUT2D eigenvalue weighted by molar-refractivity contribution is 5.95. The fourth-order valence-electron chi connectivity index (χ4n) is 2.32. The predicted octanol–water partition coefficient (Wildman–Crippen LogP) is 1.67. The van der Waals surface area contributed by atoms with E-state index in [-0.39, 0.29) is 11.3 Å². The second-order valence-corrected chi connectivity index (χ2v) is 5.27. The Morgan fingerprint density at radius 1 is 1.50 bits per heavy atom. The molecule has 0 spiro atoms. The molecule has 1 unspecified atom stereocenters. The van der Waals surface area contributed by atoms with Gasteiger partial charge in [-0.3, -0.25) is 4.79 Å². The zero-order valence-corrected chi connectivity index (χ0v) is 11.2. The molecule has 20 heavy (non-hydrogen) atoms. The van der Waals surface area contributed by atoms with Gasteiger partial charge in [0.15, 0.2) is 0 Å². The minimum absolute atomic E-state index is 0.0326. The Kier molecular flexibility index (Phi) is 3.23. The van der Waals surface area contributed by atoms with Crippen LogP contribution in [0.2, 0.25) is 0 Å². The maximum Gasteiger partial charge on any atom is 0.247 e. The molecule has 6 nitrogen and oxygen atoms in total. The van der Waals surface area contributed by atoms with E-state index < -0.39 is 0 Å². The topological polar surface area (TPSA) is 80.1 Å². The first-order valence-corrected chi connectivity index (χ1v) is 6.56. The molecule has 2 aromatic rings. The number of anilines is 1. The van der Waals surface area contributed by atoms with Crippen molar-refractivity contribution in [2.45, 2.75) is 13.3 Å². The molecule has 1 aromatic carbocycles. The molecule has 0 saturated carbocycles. The van der Waals surface area contributed by atoms with E-state index in [0.717, 1.165) is 24.2 Å². The molecule has 6 heteroatoms. The second kappa shape index (κ2) is 5.05. The molecule has 1 saturated heterocycles. The minimum Gasteiger partial charge on any atom is -0.423 e. The average molecular weight is 272 g/mol. The number of hydrogen-bond acceptors (Lipinski definition) is 5. The quantitative estimate of drug-likeness (QED) is 0.888. The number of aromatic nitrogens is 2. The van der Waals surface area contributed by atoms with Gasteiger partial charge in [0.05, 0.1) is 5.41 Å². The zero-order chi connectivity index (χ0) is 14.0. The van der Waals surface area contributed by atoms with Gasteiger partial charge in [-0.05, 0) is 38.1 Å².